The molecule has 0 bridgehead atoms. The van der Waals surface area contributed by atoms with Gasteiger partial charge in [0.05, 0.1) is 13.2 Å². The topological polar surface area (TPSA) is 9.23 Å². The zero-order valence-electron chi connectivity index (χ0n) is 7.82. The summed E-state index contributed by atoms with van der Waals surface area (Å²) in [7, 11) is 0. The maximum atomic E-state index is 5.32. The zero-order valence-corrected chi connectivity index (χ0v) is 8.64. The maximum absolute atomic E-state index is 5.32. The number of hydrogen-bond donors (Lipinski definition) is 0. The Morgan fingerprint density at radius 1 is 1.38 bits per heavy atom. The van der Waals surface area contributed by atoms with Crippen LogP contribution >= 0.6 is 11.8 Å². The Bertz CT molecular complexity index is 253. The van der Waals surface area contributed by atoms with Gasteiger partial charge in [0.1, 0.15) is 0 Å². The molecule has 0 aliphatic carbocycles. The lowest BCUT2D eigenvalue weighted by molar-refractivity contribution is 0.149. The van der Waals surface area contributed by atoms with Gasteiger partial charge in [-0.15, -0.1) is 18.3 Å². The number of rotatable bonds is 5. The van der Waals surface area contributed by atoms with E-state index in [1.165, 1.54) is 10.5 Å². The molecule has 13 heavy (non-hydrogen) atoms. The van der Waals surface area contributed by atoms with Crippen LogP contribution in [0.2, 0.25) is 0 Å². The molecule has 0 amide bonds. The van der Waals surface area contributed by atoms with E-state index in [2.05, 4.69) is 37.1 Å². The third kappa shape index (κ3) is 3.66. The minimum absolute atomic E-state index is 0.615. The highest BCUT2D eigenvalue weighted by molar-refractivity contribution is 7.98. The smallest absolute Gasteiger partial charge is 0.0721 e. The fourth-order valence-corrected chi connectivity index (χ4v) is 1.39. The molecule has 1 aromatic carbocycles. The van der Waals surface area contributed by atoms with Crippen molar-refractivity contribution in [2.45, 2.75) is 11.5 Å². The standard InChI is InChI=1S/C11H14OS/c1-3-8-12-9-10-4-6-11(13-2)7-5-10/h3-7H,1,8-9H2,2H3. The van der Waals surface area contributed by atoms with Gasteiger partial charge in [0.25, 0.3) is 0 Å². The molecular weight excluding hydrogens is 180 g/mol. The molecule has 1 aromatic rings. The second kappa shape index (κ2) is 5.84. The summed E-state index contributed by atoms with van der Waals surface area (Å²) in [5.74, 6) is 0. The van der Waals surface area contributed by atoms with Crippen LogP contribution in [0.25, 0.3) is 0 Å². The molecule has 2 heteroatoms. The van der Waals surface area contributed by atoms with Crippen molar-refractivity contribution in [2.24, 2.45) is 0 Å². The summed E-state index contributed by atoms with van der Waals surface area (Å²) in [6.07, 6.45) is 3.83. The predicted molar refractivity (Wildman–Crippen MR) is 58.1 cm³/mol. The summed E-state index contributed by atoms with van der Waals surface area (Å²) in [5, 5.41) is 0. The van der Waals surface area contributed by atoms with E-state index in [4.69, 9.17) is 4.74 Å². The molecule has 0 spiro atoms. The van der Waals surface area contributed by atoms with Crippen LogP contribution in [-0.2, 0) is 11.3 Å². The third-order valence-electron chi connectivity index (χ3n) is 1.66. The molecule has 0 fully saturated rings. The van der Waals surface area contributed by atoms with E-state index in [9.17, 15) is 0 Å². The van der Waals surface area contributed by atoms with Crippen molar-refractivity contribution in [1.82, 2.24) is 0 Å². The maximum Gasteiger partial charge on any atom is 0.0721 e. The molecule has 0 radical (unpaired) electrons. The van der Waals surface area contributed by atoms with E-state index < -0.39 is 0 Å². The lowest BCUT2D eigenvalue weighted by atomic mass is 10.2. The molecule has 0 atom stereocenters. The Balaban J connectivity index is 2.44. The van der Waals surface area contributed by atoms with Crippen LogP contribution in [0.15, 0.2) is 41.8 Å². The molecular formula is C11H14OS. The van der Waals surface area contributed by atoms with Gasteiger partial charge in [0.2, 0.25) is 0 Å². The first kappa shape index (κ1) is 10.4. The normalized spacial score (nSPS) is 9.92. The molecule has 0 unspecified atom stereocenters. The summed E-state index contributed by atoms with van der Waals surface area (Å²) in [6, 6.07) is 8.40. The van der Waals surface area contributed by atoms with Crippen molar-refractivity contribution in [3.8, 4) is 0 Å². The predicted octanol–water partition coefficient (Wildman–Crippen LogP) is 3.11. The fourth-order valence-electron chi connectivity index (χ4n) is 0.982. The molecule has 0 aliphatic heterocycles. The highest BCUT2D eigenvalue weighted by atomic mass is 32.2. The van der Waals surface area contributed by atoms with Crippen LogP contribution in [0.3, 0.4) is 0 Å². The summed E-state index contributed by atoms with van der Waals surface area (Å²) < 4.78 is 5.32. The molecule has 0 N–H and O–H groups in total. The van der Waals surface area contributed by atoms with Crippen LogP contribution in [0.4, 0.5) is 0 Å². The van der Waals surface area contributed by atoms with E-state index in [-0.39, 0.29) is 0 Å². The monoisotopic (exact) mass is 194 g/mol. The number of hydrogen-bond acceptors (Lipinski definition) is 2. The van der Waals surface area contributed by atoms with Crippen LogP contribution in [0, 0.1) is 0 Å². The second-order valence-electron chi connectivity index (χ2n) is 2.65. The highest BCUT2D eigenvalue weighted by Crippen LogP contribution is 2.15. The van der Waals surface area contributed by atoms with Gasteiger partial charge in [-0.25, -0.2) is 0 Å². The minimum atomic E-state index is 0.615. The van der Waals surface area contributed by atoms with Crippen LogP contribution in [0.1, 0.15) is 5.56 Å². The van der Waals surface area contributed by atoms with E-state index in [0.29, 0.717) is 13.2 Å². The first-order valence-corrected chi connectivity index (χ1v) is 5.41. The molecule has 0 aromatic heterocycles. The van der Waals surface area contributed by atoms with Gasteiger partial charge in [-0.3, -0.25) is 0 Å². The number of ether oxygens (including phenoxy) is 1. The SMILES string of the molecule is C=CCOCc1ccc(SC)cc1. The van der Waals surface area contributed by atoms with Crippen molar-refractivity contribution in [2.75, 3.05) is 12.9 Å². The molecule has 1 nitrogen and oxygen atoms in total. The Morgan fingerprint density at radius 3 is 2.62 bits per heavy atom. The van der Waals surface area contributed by atoms with Gasteiger partial charge < -0.3 is 4.74 Å². The zero-order chi connectivity index (χ0) is 9.52. The molecule has 1 rings (SSSR count). The molecule has 0 aliphatic rings. The van der Waals surface area contributed by atoms with Gasteiger partial charge in [0.15, 0.2) is 0 Å². The molecule has 0 saturated carbocycles. The van der Waals surface area contributed by atoms with Gasteiger partial charge in [0, 0.05) is 4.90 Å². The minimum Gasteiger partial charge on any atom is -0.373 e. The Labute approximate surface area is 83.8 Å². The van der Waals surface area contributed by atoms with Crippen molar-refractivity contribution >= 4 is 11.8 Å². The summed E-state index contributed by atoms with van der Waals surface area (Å²) in [5.41, 5.74) is 1.21. The van der Waals surface area contributed by atoms with Gasteiger partial charge in [-0.1, -0.05) is 18.2 Å². The molecule has 0 saturated heterocycles. The quantitative estimate of drug-likeness (QED) is 0.404. The van der Waals surface area contributed by atoms with Crippen LogP contribution < -0.4 is 0 Å². The number of thioether (sulfide) groups is 1. The van der Waals surface area contributed by atoms with E-state index in [1.54, 1.807) is 17.8 Å². The third-order valence-corrected chi connectivity index (χ3v) is 2.41. The first-order chi connectivity index (χ1) is 6.36. The van der Waals surface area contributed by atoms with E-state index in [1.807, 2.05) is 0 Å². The summed E-state index contributed by atoms with van der Waals surface area (Å²) >= 11 is 1.75. The van der Waals surface area contributed by atoms with Crippen LogP contribution in [0.5, 0.6) is 0 Å². The van der Waals surface area contributed by atoms with Crippen molar-refractivity contribution in [1.29, 1.82) is 0 Å². The molecule has 70 valence electrons. The Hall–Kier alpha value is -0.730. The lowest BCUT2D eigenvalue weighted by Gasteiger charge is -2.02. The lowest BCUT2D eigenvalue weighted by Crippen LogP contribution is -1.91. The largest absolute Gasteiger partial charge is 0.373 e. The average molecular weight is 194 g/mol. The fraction of sp³-hybridized carbons (Fsp3) is 0.273. The Kier molecular flexibility index (Phi) is 4.65. The van der Waals surface area contributed by atoms with Crippen LogP contribution in [-0.4, -0.2) is 12.9 Å². The van der Waals surface area contributed by atoms with Gasteiger partial charge in [-0.05, 0) is 24.0 Å². The second-order valence-corrected chi connectivity index (χ2v) is 3.53. The number of benzene rings is 1. The van der Waals surface area contributed by atoms with Gasteiger partial charge >= 0.3 is 0 Å². The summed E-state index contributed by atoms with van der Waals surface area (Å²) in [6.45, 7) is 4.87. The highest BCUT2D eigenvalue weighted by Gasteiger charge is 1.92. The first-order valence-electron chi connectivity index (χ1n) is 4.18. The van der Waals surface area contributed by atoms with Crippen molar-refractivity contribution in [3.63, 3.8) is 0 Å². The van der Waals surface area contributed by atoms with Gasteiger partial charge in [-0.2, -0.15) is 0 Å². The molecule has 0 heterocycles. The van der Waals surface area contributed by atoms with E-state index in [0.717, 1.165) is 0 Å². The average Bonchev–Trinajstić information content (AvgIpc) is 2.19. The summed E-state index contributed by atoms with van der Waals surface area (Å²) in [4.78, 5) is 1.28. The van der Waals surface area contributed by atoms with Crippen molar-refractivity contribution < 1.29 is 4.74 Å². The van der Waals surface area contributed by atoms with Crippen molar-refractivity contribution in [3.05, 3.63) is 42.5 Å². The van der Waals surface area contributed by atoms with E-state index >= 15 is 0 Å². The Morgan fingerprint density at radius 2 is 2.08 bits per heavy atom.